The molecule has 8 heteroatoms. The first kappa shape index (κ1) is 14.0. The van der Waals surface area contributed by atoms with Crippen molar-refractivity contribution >= 4 is 11.9 Å². The van der Waals surface area contributed by atoms with E-state index in [1.165, 1.54) is 4.90 Å². The van der Waals surface area contributed by atoms with Gasteiger partial charge >= 0.3 is 11.7 Å². The van der Waals surface area contributed by atoms with Crippen molar-refractivity contribution in [1.82, 2.24) is 14.9 Å². The summed E-state index contributed by atoms with van der Waals surface area (Å²) >= 11 is 0. The highest BCUT2D eigenvalue weighted by Gasteiger charge is 2.35. The maximum atomic E-state index is 12.3. The predicted octanol–water partition coefficient (Wildman–Crippen LogP) is -0.611. The van der Waals surface area contributed by atoms with Gasteiger partial charge in [0.25, 0.3) is 11.5 Å². The van der Waals surface area contributed by atoms with Crippen molar-refractivity contribution in [1.29, 1.82) is 0 Å². The normalized spacial score (nSPS) is 22.6. The van der Waals surface area contributed by atoms with Crippen molar-refractivity contribution in [2.24, 2.45) is 5.92 Å². The van der Waals surface area contributed by atoms with E-state index in [1.54, 1.807) is 0 Å². The Morgan fingerprint density at radius 3 is 2.65 bits per heavy atom. The third-order valence-corrected chi connectivity index (χ3v) is 3.40. The van der Waals surface area contributed by atoms with Gasteiger partial charge in [0.1, 0.15) is 11.7 Å². The summed E-state index contributed by atoms with van der Waals surface area (Å²) in [6, 6.07) is 0.0229. The molecule has 108 valence electrons. The summed E-state index contributed by atoms with van der Waals surface area (Å²) in [6.07, 6.45) is 1.04. The number of aromatic nitrogens is 2. The highest BCUT2D eigenvalue weighted by Crippen LogP contribution is 2.23. The molecule has 1 saturated heterocycles. The first-order chi connectivity index (χ1) is 9.38. The number of likely N-dealkylation sites (tertiary alicyclic amines) is 1. The molecule has 2 unspecified atom stereocenters. The molecule has 20 heavy (non-hydrogen) atoms. The molecule has 1 aromatic rings. The number of hydrogen-bond donors (Lipinski definition) is 3. The molecule has 2 rings (SSSR count). The van der Waals surface area contributed by atoms with Gasteiger partial charge in [-0.05, 0) is 18.8 Å². The van der Waals surface area contributed by atoms with Gasteiger partial charge in [-0.2, -0.15) is 0 Å². The molecule has 0 aliphatic carbocycles. The fourth-order valence-corrected chi connectivity index (χ4v) is 2.36. The lowest BCUT2D eigenvalue weighted by atomic mass is 9.92. The van der Waals surface area contributed by atoms with Gasteiger partial charge in [0.15, 0.2) is 0 Å². The molecule has 1 aliphatic rings. The number of carbonyl (C=O) groups excluding carboxylic acids is 1. The van der Waals surface area contributed by atoms with E-state index in [-0.39, 0.29) is 18.2 Å². The number of amides is 1. The summed E-state index contributed by atoms with van der Waals surface area (Å²) in [6.45, 7) is 2.21. The van der Waals surface area contributed by atoms with E-state index in [9.17, 15) is 24.3 Å². The fourth-order valence-electron chi connectivity index (χ4n) is 2.36. The largest absolute Gasteiger partial charge is 0.480 e. The topological polar surface area (TPSA) is 123 Å². The Bertz CT molecular complexity index is 619. The third-order valence-electron chi connectivity index (χ3n) is 3.40. The summed E-state index contributed by atoms with van der Waals surface area (Å²) in [5.41, 5.74) is -1.69. The van der Waals surface area contributed by atoms with Gasteiger partial charge in [-0.25, -0.2) is 9.59 Å². The number of piperidine rings is 1. The van der Waals surface area contributed by atoms with Crippen molar-refractivity contribution in [3.8, 4) is 0 Å². The lowest BCUT2D eigenvalue weighted by Crippen LogP contribution is -2.50. The van der Waals surface area contributed by atoms with Gasteiger partial charge in [-0.3, -0.25) is 14.6 Å². The lowest BCUT2D eigenvalue weighted by molar-refractivity contribution is -0.144. The number of rotatable bonds is 2. The summed E-state index contributed by atoms with van der Waals surface area (Å²) < 4.78 is 0. The van der Waals surface area contributed by atoms with Crippen LogP contribution < -0.4 is 11.2 Å². The van der Waals surface area contributed by atoms with Gasteiger partial charge < -0.3 is 15.0 Å². The number of hydrogen-bond acceptors (Lipinski definition) is 4. The summed E-state index contributed by atoms with van der Waals surface area (Å²) in [5.74, 6) is -1.53. The van der Waals surface area contributed by atoms with Crippen LogP contribution in [-0.2, 0) is 4.79 Å². The Labute approximate surface area is 113 Å². The Kier molecular flexibility index (Phi) is 3.73. The van der Waals surface area contributed by atoms with Crippen LogP contribution in [0.25, 0.3) is 0 Å². The smallest absolute Gasteiger partial charge is 0.326 e. The number of nitrogens with zero attached hydrogens (tertiary/aromatic N) is 1. The average molecular weight is 281 g/mol. The van der Waals surface area contributed by atoms with E-state index in [0.717, 1.165) is 6.07 Å². The van der Waals surface area contributed by atoms with E-state index in [0.29, 0.717) is 12.8 Å². The molecule has 1 aromatic heterocycles. The minimum absolute atomic E-state index is 0.195. The number of H-pyrrole nitrogens is 2. The molecule has 1 amide bonds. The van der Waals surface area contributed by atoms with Gasteiger partial charge in [0, 0.05) is 12.6 Å². The Balaban J connectivity index is 2.33. The van der Waals surface area contributed by atoms with Crippen molar-refractivity contribution in [3.05, 3.63) is 32.6 Å². The van der Waals surface area contributed by atoms with Gasteiger partial charge in [-0.1, -0.05) is 6.92 Å². The Morgan fingerprint density at radius 2 is 2.05 bits per heavy atom. The molecule has 0 aromatic carbocycles. The zero-order valence-electron chi connectivity index (χ0n) is 10.9. The molecule has 0 spiro atoms. The quantitative estimate of drug-likeness (QED) is 0.667. The van der Waals surface area contributed by atoms with Crippen LogP contribution in [0.2, 0.25) is 0 Å². The standard InChI is InChI=1S/C12H15N3O5/c1-6-2-3-15(8(4-6)11(18)19)10(17)7-5-9(16)14-12(20)13-7/h5-6,8H,2-4H2,1H3,(H,18,19)(H2,13,14,16,20). The molecule has 0 radical (unpaired) electrons. The Hall–Kier alpha value is -2.38. The number of nitrogens with one attached hydrogen (secondary N) is 2. The molecule has 8 nitrogen and oxygen atoms in total. The zero-order chi connectivity index (χ0) is 14.9. The maximum absolute atomic E-state index is 12.3. The zero-order valence-corrected chi connectivity index (χ0v) is 10.9. The van der Waals surface area contributed by atoms with Crippen LogP contribution in [0.15, 0.2) is 15.7 Å². The van der Waals surface area contributed by atoms with Crippen molar-refractivity contribution in [2.45, 2.75) is 25.8 Å². The number of aromatic amines is 2. The second kappa shape index (κ2) is 5.32. The van der Waals surface area contributed by atoms with E-state index >= 15 is 0 Å². The molecule has 3 N–H and O–H groups in total. The highest BCUT2D eigenvalue weighted by atomic mass is 16.4. The van der Waals surface area contributed by atoms with Gasteiger partial charge in [0.2, 0.25) is 0 Å². The van der Waals surface area contributed by atoms with E-state index in [2.05, 4.69) is 4.98 Å². The molecule has 0 saturated carbocycles. The molecule has 2 atom stereocenters. The van der Waals surface area contributed by atoms with Crippen molar-refractivity contribution in [3.63, 3.8) is 0 Å². The Morgan fingerprint density at radius 1 is 1.35 bits per heavy atom. The predicted molar refractivity (Wildman–Crippen MR) is 68.5 cm³/mol. The summed E-state index contributed by atoms with van der Waals surface area (Å²) in [4.78, 5) is 51.2. The SMILES string of the molecule is CC1CCN(C(=O)c2cc(=O)[nH]c(=O)[nH]2)C(C(=O)O)C1. The molecule has 2 heterocycles. The number of carboxylic acid groups (broad SMARTS) is 1. The van der Waals surface area contributed by atoms with Crippen LogP contribution in [0.3, 0.4) is 0 Å². The fraction of sp³-hybridized carbons (Fsp3) is 0.500. The minimum atomic E-state index is -1.09. The molecular weight excluding hydrogens is 266 g/mol. The molecule has 1 aliphatic heterocycles. The van der Waals surface area contributed by atoms with Crippen LogP contribution in [0, 0.1) is 5.92 Å². The average Bonchev–Trinajstić information content (AvgIpc) is 2.36. The van der Waals surface area contributed by atoms with E-state index in [1.807, 2.05) is 11.9 Å². The van der Waals surface area contributed by atoms with Crippen LogP contribution >= 0.6 is 0 Å². The van der Waals surface area contributed by atoms with Crippen molar-refractivity contribution in [2.75, 3.05) is 6.54 Å². The number of carbonyl (C=O) groups is 2. The highest BCUT2D eigenvalue weighted by molar-refractivity contribution is 5.95. The molecule has 1 fully saturated rings. The maximum Gasteiger partial charge on any atom is 0.326 e. The number of aliphatic carboxylic acids is 1. The van der Waals surface area contributed by atoms with Crippen molar-refractivity contribution < 1.29 is 14.7 Å². The summed E-state index contributed by atoms with van der Waals surface area (Å²) in [7, 11) is 0. The van der Waals surface area contributed by atoms with Gasteiger partial charge in [0.05, 0.1) is 0 Å². The van der Waals surface area contributed by atoms with Crippen LogP contribution in [-0.4, -0.2) is 44.4 Å². The van der Waals surface area contributed by atoms with Crippen LogP contribution in [0.4, 0.5) is 0 Å². The minimum Gasteiger partial charge on any atom is -0.480 e. The van der Waals surface area contributed by atoms with Crippen LogP contribution in [0.1, 0.15) is 30.3 Å². The first-order valence-electron chi connectivity index (χ1n) is 6.26. The first-order valence-corrected chi connectivity index (χ1v) is 6.26. The summed E-state index contributed by atoms with van der Waals surface area (Å²) in [5, 5.41) is 9.20. The lowest BCUT2D eigenvalue weighted by Gasteiger charge is -2.35. The van der Waals surface area contributed by atoms with E-state index in [4.69, 9.17) is 0 Å². The van der Waals surface area contributed by atoms with Gasteiger partial charge in [-0.15, -0.1) is 0 Å². The molecule has 0 bridgehead atoms. The van der Waals surface area contributed by atoms with E-state index < -0.39 is 29.2 Å². The second-order valence-electron chi connectivity index (χ2n) is 4.98. The number of carboxylic acids is 1. The third kappa shape index (κ3) is 2.79. The molecular formula is C12H15N3O5. The van der Waals surface area contributed by atoms with Crippen LogP contribution in [0.5, 0.6) is 0 Å². The monoisotopic (exact) mass is 281 g/mol. The second-order valence-corrected chi connectivity index (χ2v) is 4.98.